The van der Waals surface area contributed by atoms with E-state index < -0.39 is 11.6 Å². The van der Waals surface area contributed by atoms with Crippen molar-refractivity contribution in [2.75, 3.05) is 26.7 Å². The fourth-order valence-electron chi connectivity index (χ4n) is 5.34. The van der Waals surface area contributed by atoms with Gasteiger partial charge in [-0.25, -0.2) is 14.8 Å². The van der Waals surface area contributed by atoms with Crippen LogP contribution in [0.5, 0.6) is 0 Å². The van der Waals surface area contributed by atoms with Crippen LogP contribution in [-0.2, 0) is 21.6 Å². The summed E-state index contributed by atoms with van der Waals surface area (Å²) in [6.45, 7) is 2.93. The van der Waals surface area contributed by atoms with E-state index >= 15 is 0 Å². The monoisotopic (exact) mass is 438 g/mol. The summed E-state index contributed by atoms with van der Waals surface area (Å²) in [4.78, 5) is 21.6. The Bertz CT molecular complexity index is 862. The van der Waals surface area contributed by atoms with Crippen molar-refractivity contribution in [3.05, 3.63) is 60.2 Å². The third-order valence-electron chi connectivity index (χ3n) is 7.53. The van der Waals surface area contributed by atoms with Gasteiger partial charge in [0.15, 0.2) is 5.60 Å². The van der Waals surface area contributed by atoms with Gasteiger partial charge in [0.05, 0.1) is 26.7 Å². The van der Waals surface area contributed by atoms with Crippen LogP contribution in [-0.4, -0.2) is 58.3 Å². The zero-order chi connectivity index (χ0) is 22.4. The fraction of sp³-hybridized carbons (Fsp3) is 0.577. The van der Waals surface area contributed by atoms with Crippen LogP contribution in [0.25, 0.3) is 0 Å². The maximum atomic E-state index is 13.4. The van der Waals surface area contributed by atoms with E-state index in [-0.39, 0.29) is 12.0 Å². The summed E-state index contributed by atoms with van der Waals surface area (Å²) in [5.41, 5.74) is 0.268. The number of quaternary nitrogens is 1. The molecule has 2 heterocycles. The molecule has 6 nitrogen and oxygen atoms in total. The lowest BCUT2D eigenvalue weighted by atomic mass is 9.73. The number of benzene rings is 1. The second-order valence-electron chi connectivity index (χ2n) is 9.86. The van der Waals surface area contributed by atoms with Gasteiger partial charge in [0, 0.05) is 37.6 Å². The van der Waals surface area contributed by atoms with Gasteiger partial charge in [0.1, 0.15) is 12.4 Å². The second kappa shape index (κ2) is 10.1. The van der Waals surface area contributed by atoms with Gasteiger partial charge in [-0.05, 0) is 24.0 Å². The SMILES string of the molecule is C[N+]1(CCc2cncnc2)CCC(OC(=O)C(O)(c2ccccc2)C2CCCCC2)CC1. The lowest BCUT2D eigenvalue weighted by molar-refractivity contribution is -0.914. The number of hydrogen-bond acceptors (Lipinski definition) is 5. The molecule has 6 heteroatoms. The van der Waals surface area contributed by atoms with Gasteiger partial charge in [0.2, 0.25) is 0 Å². The summed E-state index contributed by atoms with van der Waals surface area (Å²) in [5, 5.41) is 11.7. The van der Waals surface area contributed by atoms with Crippen LogP contribution in [0.1, 0.15) is 56.1 Å². The molecule has 1 aliphatic carbocycles. The average molecular weight is 439 g/mol. The molecule has 32 heavy (non-hydrogen) atoms. The van der Waals surface area contributed by atoms with Crippen molar-refractivity contribution in [3.63, 3.8) is 0 Å². The lowest BCUT2D eigenvalue weighted by Gasteiger charge is -2.42. The minimum absolute atomic E-state index is 0.0797. The third-order valence-corrected chi connectivity index (χ3v) is 7.53. The number of aromatic nitrogens is 2. The van der Waals surface area contributed by atoms with E-state index in [4.69, 9.17) is 4.74 Å². The summed E-state index contributed by atoms with van der Waals surface area (Å²) in [5.74, 6) is -0.540. The quantitative estimate of drug-likeness (QED) is 0.528. The van der Waals surface area contributed by atoms with Gasteiger partial charge in [-0.1, -0.05) is 49.6 Å². The molecular formula is C26H36N3O3+. The van der Waals surface area contributed by atoms with Gasteiger partial charge in [0.25, 0.3) is 0 Å². The molecule has 1 aliphatic heterocycles. The molecule has 2 aromatic rings. The highest BCUT2D eigenvalue weighted by molar-refractivity contribution is 5.81. The number of likely N-dealkylation sites (tertiary alicyclic amines) is 1. The van der Waals surface area contributed by atoms with E-state index in [0.29, 0.717) is 5.56 Å². The van der Waals surface area contributed by atoms with E-state index in [1.54, 1.807) is 6.33 Å². The fourth-order valence-corrected chi connectivity index (χ4v) is 5.34. The second-order valence-corrected chi connectivity index (χ2v) is 9.86. The van der Waals surface area contributed by atoms with Crippen molar-refractivity contribution in [2.24, 2.45) is 5.92 Å². The Morgan fingerprint density at radius 1 is 1.06 bits per heavy atom. The standard InChI is InChI=1S/C26H36N3O3/c1-29(15-12-21-18-27-20-28-19-21)16-13-24(14-17-29)32-25(30)26(31,22-8-4-2-5-9-22)23-10-6-3-7-11-23/h2,4-5,8-9,18-20,23-24,31H,3,6-7,10-17H2,1H3/q+1. The average Bonchev–Trinajstić information content (AvgIpc) is 2.85. The molecule has 1 atom stereocenters. The molecule has 0 radical (unpaired) electrons. The highest BCUT2D eigenvalue weighted by Gasteiger charge is 2.48. The number of carbonyl (C=O) groups is 1. The molecule has 1 N–H and O–H groups in total. The van der Waals surface area contributed by atoms with E-state index in [1.165, 1.54) is 6.42 Å². The Morgan fingerprint density at radius 2 is 1.72 bits per heavy atom. The first-order valence-electron chi connectivity index (χ1n) is 12.1. The molecule has 1 saturated carbocycles. The Morgan fingerprint density at radius 3 is 2.38 bits per heavy atom. The van der Waals surface area contributed by atoms with Crippen LogP contribution in [0.15, 0.2) is 49.1 Å². The minimum Gasteiger partial charge on any atom is -0.460 e. The number of nitrogens with zero attached hydrogens (tertiary/aromatic N) is 3. The Hall–Kier alpha value is -2.31. The van der Waals surface area contributed by atoms with Crippen molar-refractivity contribution in [3.8, 4) is 0 Å². The first-order chi connectivity index (χ1) is 15.5. The van der Waals surface area contributed by atoms with Crippen molar-refractivity contribution in [1.82, 2.24) is 9.97 Å². The van der Waals surface area contributed by atoms with Gasteiger partial charge in [-0.15, -0.1) is 0 Å². The molecule has 0 bridgehead atoms. The number of aliphatic hydroxyl groups is 1. The highest BCUT2D eigenvalue weighted by Crippen LogP contribution is 2.41. The van der Waals surface area contributed by atoms with Gasteiger partial charge in [-0.3, -0.25) is 0 Å². The molecule has 1 aromatic heterocycles. The summed E-state index contributed by atoms with van der Waals surface area (Å²) in [6, 6.07) is 9.41. The van der Waals surface area contributed by atoms with Crippen molar-refractivity contribution in [2.45, 2.75) is 63.1 Å². The molecule has 2 fully saturated rings. The molecule has 1 unspecified atom stereocenters. The Labute approximate surface area is 191 Å². The van der Waals surface area contributed by atoms with Crippen LogP contribution >= 0.6 is 0 Å². The number of carbonyl (C=O) groups excluding carboxylic acids is 1. The number of ether oxygens (including phenoxy) is 1. The highest BCUT2D eigenvalue weighted by atomic mass is 16.6. The maximum absolute atomic E-state index is 13.4. The summed E-state index contributed by atoms with van der Waals surface area (Å²) < 4.78 is 6.95. The predicted molar refractivity (Wildman–Crippen MR) is 123 cm³/mol. The van der Waals surface area contributed by atoms with Gasteiger partial charge in [-0.2, -0.15) is 0 Å². The first-order valence-corrected chi connectivity index (χ1v) is 12.1. The normalized spacial score (nSPS) is 26.2. The van der Waals surface area contributed by atoms with Crippen LogP contribution in [0.3, 0.4) is 0 Å². The van der Waals surface area contributed by atoms with Gasteiger partial charge >= 0.3 is 5.97 Å². The van der Waals surface area contributed by atoms with Crippen molar-refractivity contribution in [1.29, 1.82) is 0 Å². The number of rotatable bonds is 7. The van der Waals surface area contributed by atoms with Crippen molar-refractivity contribution >= 4 is 5.97 Å². The summed E-state index contributed by atoms with van der Waals surface area (Å²) in [7, 11) is 2.27. The molecular weight excluding hydrogens is 402 g/mol. The molecule has 0 amide bonds. The van der Waals surface area contributed by atoms with Crippen LogP contribution < -0.4 is 0 Å². The van der Waals surface area contributed by atoms with Crippen LogP contribution in [0, 0.1) is 5.92 Å². The van der Waals surface area contributed by atoms with E-state index in [1.807, 2.05) is 42.7 Å². The Balaban J connectivity index is 1.38. The number of likely N-dealkylation sites (N-methyl/N-ethyl adjacent to an activating group) is 1. The molecule has 4 rings (SSSR count). The largest absolute Gasteiger partial charge is 0.460 e. The third kappa shape index (κ3) is 5.18. The van der Waals surface area contributed by atoms with Crippen LogP contribution in [0.4, 0.5) is 0 Å². The van der Waals surface area contributed by atoms with E-state index in [0.717, 1.165) is 74.6 Å². The first kappa shape index (κ1) is 22.9. The smallest absolute Gasteiger partial charge is 0.343 e. The summed E-state index contributed by atoms with van der Waals surface area (Å²) >= 11 is 0. The molecule has 1 aromatic carbocycles. The van der Waals surface area contributed by atoms with Crippen molar-refractivity contribution < 1.29 is 19.1 Å². The number of hydrogen-bond donors (Lipinski definition) is 1. The Kier molecular flexibility index (Phi) is 7.21. The van der Waals surface area contributed by atoms with Crippen LogP contribution in [0.2, 0.25) is 0 Å². The molecule has 0 spiro atoms. The zero-order valence-corrected chi connectivity index (χ0v) is 19.2. The number of piperidine rings is 1. The molecule has 1 saturated heterocycles. The van der Waals surface area contributed by atoms with E-state index in [2.05, 4.69) is 17.0 Å². The molecule has 172 valence electrons. The maximum Gasteiger partial charge on any atom is 0.343 e. The lowest BCUT2D eigenvalue weighted by Crippen LogP contribution is -2.53. The summed E-state index contributed by atoms with van der Waals surface area (Å²) in [6.07, 6.45) is 12.8. The predicted octanol–water partition coefficient (Wildman–Crippen LogP) is 3.64. The van der Waals surface area contributed by atoms with E-state index in [9.17, 15) is 9.90 Å². The topological polar surface area (TPSA) is 72.3 Å². The zero-order valence-electron chi connectivity index (χ0n) is 19.2. The molecule has 2 aliphatic rings. The van der Waals surface area contributed by atoms with Gasteiger partial charge < -0.3 is 14.3 Å². The number of esters is 1. The minimum atomic E-state index is -1.55.